The minimum Gasteiger partial charge on any atom is -0.475 e. The Balaban J connectivity index is 2.25. The average Bonchev–Trinajstić information content (AvgIpc) is 2.68. The van der Waals surface area contributed by atoms with E-state index < -0.39 is 5.97 Å². The molecule has 58 valence electrons. The maximum Gasteiger partial charge on any atom is 0.374 e. The molecule has 1 N–H and O–H groups in total. The minimum atomic E-state index is -1.05. The summed E-state index contributed by atoms with van der Waals surface area (Å²) in [4.78, 5) is 10.3. The van der Waals surface area contributed by atoms with Crippen LogP contribution in [0.2, 0.25) is 0 Å². The molecular formula is C7H7NO3. The molecule has 1 aromatic heterocycles. The van der Waals surface area contributed by atoms with E-state index >= 15 is 0 Å². The van der Waals surface area contributed by atoms with Gasteiger partial charge in [0, 0.05) is 12.0 Å². The second kappa shape index (κ2) is 2.08. The summed E-state index contributed by atoms with van der Waals surface area (Å²) in [5.74, 6) is -0.664. The molecule has 11 heavy (non-hydrogen) atoms. The zero-order valence-electron chi connectivity index (χ0n) is 5.78. The van der Waals surface area contributed by atoms with Gasteiger partial charge >= 0.3 is 5.97 Å². The van der Waals surface area contributed by atoms with Crippen molar-refractivity contribution in [3.63, 3.8) is 0 Å². The molecule has 0 radical (unpaired) electrons. The van der Waals surface area contributed by atoms with Gasteiger partial charge in [-0.1, -0.05) is 5.16 Å². The van der Waals surface area contributed by atoms with Crippen LogP contribution in [0.25, 0.3) is 0 Å². The Hall–Kier alpha value is -1.32. The van der Waals surface area contributed by atoms with E-state index in [1.54, 1.807) is 0 Å². The largest absolute Gasteiger partial charge is 0.475 e. The van der Waals surface area contributed by atoms with Gasteiger partial charge < -0.3 is 9.63 Å². The fourth-order valence-corrected chi connectivity index (χ4v) is 0.961. The lowest BCUT2D eigenvalue weighted by molar-refractivity contribution is 0.0652. The summed E-state index contributed by atoms with van der Waals surface area (Å²) in [6, 6.07) is 1.50. The van der Waals surface area contributed by atoms with Gasteiger partial charge in [-0.2, -0.15) is 0 Å². The van der Waals surface area contributed by atoms with Gasteiger partial charge in [0.15, 0.2) is 0 Å². The number of carbonyl (C=O) groups is 1. The van der Waals surface area contributed by atoms with Crippen LogP contribution in [0.15, 0.2) is 10.6 Å². The molecule has 1 saturated carbocycles. The van der Waals surface area contributed by atoms with Crippen LogP contribution in [0.4, 0.5) is 0 Å². The van der Waals surface area contributed by atoms with Gasteiger partial charge in [0.05, 0.1) is 5.69 Å². The number of hydrogen-bond donors (Lipinski definition) is 1. The molecular weight excluding hydrogens is 146 g/mol. The van der Waals surface area contributed by atoms with Gasteiger partial charge in [-0.25, -0.2) is 4.79 Å². The van der Waals surface area contributed by atoms with Gasteiger partial charge in [0.1, 0.15) is 0 Å². The molecule has 1 aromatic rings. The second-order valence-electron chi connectivity index (χ2n) is 2.70. The van der Waals surface area contributed by atoms with Crippen molar-refractivity contribution < 1.29 is 14.4 Å². The predicted molar refractivity (Wildman–Crippen MR) is 35.4 cm³/mol. The van der Waals surface area contributed by atoms with Crippen molar-refractivity contribution in [2.75, 3.05) is 0 Å². The molecule has 1 heterocycles. The molecule has 1 fully saturated rings. The molecule has 0 bridgehead atoms. The summed E-state index contributed by atoms with van der Waals surface area (Å²) in [7, 11) is 0. The van der Waals surface area contributed by atoms with Crippen LogP contribution < -0.4 is 0 Å². The van der Waals surface area contributed by atoms with Crippen molar-refractivity contribution in [1.29, 1.82) is 0 Å². The maximum atomic E-state index is 10.3. The summed E-state index contributed by atoms with van der Waals surface area (Å²) in [5.41, 5.74) is 0.780. The lowest BCUT2D eigenvalue weighted by Crippen LogP contribution is -1.91. The summed E-state index contributed by atoms with van der Waals surface area (Å²) < 4.78 is 4.58. The number of aromatic carboxylic acids is 1. The maximum absolute atomic E-state index is 10.3. The number of carboxylic acids is 1. The van der Waals surface area contributed by atoms with Crippen molar-refractivity contribution in [1.82, 2.24) is 5.16 Å². The Morgan fingerprint density at radius 3 is 2.91 bits per heavy atom. The number of rotatable bonds is 2. The van der Waals surface area contributed by atoms with Crippen LogP contribution >= 0.6 is 0 Å². The third-order valence-corrected chi connectivity index (χ3v) is 1.73. The summed E-state index contributed by atoms with van der Waals surface area (Å²) >= 11 is 0. The quantitative estimate of drug-likeness (QED) is 0.694. The van der Waals surface area contributed by atoms with Gasteiger partial charge in [-0.05, 0) is 12.8 Å². The van der Waals surface area contributed by atoms with E-state index in [4.69, 9.17) is 5.11 Å². The molecule has 0 atom stereocenters. The van der Waals surface area contributed by atoms with E-state index in [0.717, 1.165) is 18.5 Å². The number of carboxylic acid groups (broad SMARTS) is 1. The summed E-state index contributed by atoms with van der Waals surface area (Å²) in [6.07, 6.45) is 2.21. The van der Waals surface area contributed by atoms with E-state index in [1.165, 1.54) is 6.07 Å². The molecule has 0 aliphatic heterocycles. The number of hydrogen-bond acceptors (Lipinski definition) is 3. The molecule has 2 rings (SSSR count). The van der Waals surface area contributed by atoms with E-state index in [9.17, 15) is 4.79 Å². The van der Waals surface area contributed by atoms with Crippen LogP contribution in [0.3, 0.4) is 0 Å². The first-order valence-electron chi connectivity index (χ1n) is 3.47. The van der Waals surface area contributed by atoms with Crippen LogP contribution in [0, 0.1) is 0 Å². The van der Waals surface area contributed by atoms with Crippen molar-refractivity contribution in [3.8, 4) is 0 Å². The third-order valence-electron chi connectivity index (χ3n) is 1.73. The monoisotopic (exact) mass is 153 g/mol. The zero-order valence-corrected chi connectivity index (χ0v) is 5.78. The lowest BCUT2D eigenvalue weighted by atomic mass is 10.3. The van der Waals surface area contributed by atoms with Crippen LogP contribution in [-0.4, -0.2) is 16.2 Å². The molecule has 0 aromatic carbocycles. The molecule has 0 amide bonds. The molecule has 4 nitrogen and oxygen atoms in total. The highest BCUT2D eigenvalue weighted by atomic mass is 16.5. The molecule has 0 saturated heterocycles. The summed E-state index contributed by atoms with van der Waals surface area (Å²) in [6.45, 7) is 0. The Morgan fingerprint density at radius 1 is 1.73 bits per heavy atom. The number of nitrogens with zero attached hydrogens (tertiary/aromatic N) is 1. The normalized spacial score (nSPS) is 16.7. The second-order valence-corrected chi connectivity index (χ2v) is 2.70. The fraction of sp³-hybridized carbons (Fsp3) is 0.429. The fourth-order valence-electron chi connectivity index (χ4n) is 0.961. The van der Waals surface area contributed by atoms with Crippen molar-refractivity contribution in [2.24, 2.45) is 0 Å². The minimum absolute atomic E-state index is 0.0631. The summed E-state index contributed by atoms with van der Waals surface area (Å²) in [5, 5.41) is 12.1. The van der Waals surface area contributed by atoms with E-state index in [2.05, 4.69) is 9.68 Å². The van der Waals surface area contributed by atoms with Crippen molar-refractivity contribution in [3.05, 3.63) is 17.5 Å². The van der Waals surface area contributed by atoms with Crippen molar-refractivity contribution >= 4 is 5.97 Å². The topological polar surface area (TPSA) is 63.3 Å². The van der Waals surface area contributed by atoms with Crippen LogP contribution in [-0.2, 0) is 0 Å². The first-order valence-corrected chi connectivity index (χ1v) is 3.47. The molecule has 1 aliphatic carbocycles. The van der Waals surface area contributed by atoms with Crippen molar-refractivity contribution in [2.45, 2.75) is 18.8 Å². The smallest absolute Gasteiger partial charge is 0.374 e. The van der Waals surface area contributed by atoms with Crippen LogP contribution in [0.1, 0.15) is 35.0 Å². The van der Waals surface area contributed by atoms with E-state index in [-0.39, 0.29) is 5.76 Å². The van der Waals surface area contributed by atoms with Gasteiger partial charge in [-0.15, -0.1) is 0 Å². The Morgan fingerprint density at radius 2 is 2.45 bits per heavy atom. The SMILES string of the molecule is O=C(O)c1cc(C2CC2)no1. The average molecular weight is 153 g/mol. The molecule has 1 aliphatic rings. The highest BCUT2D eigenvalue weighted by Gasteiger charge is 2.27. The molecule has 0 unspecified atom stereocenters. The molecule has 4 heteroatoms. The first-order chi connectivity index (χ1) is 5.27. The number of aromatic nitrogens is 1. The highest BCUT2D eigenvalue weighted by Crippen LogP contribution is 2.39. The van der Waals surface area contributed by atoms with E-state index in [0.29, 0.717) is 5.92 Å². The molecule has 0 spiro atoms. The van der Waals surface area contributed by atoms with E-state index in [1.807, 2.05) is 0 Å². The predicted octanol–water partition coefficient (Wildman–Crippen LogP) is 1.25. The van der Waals surface area contributed by atoms with Gasteiger partial charge in [0.25, 0.3) is 0 Å². The Kier molecular flexibility index (Phi) is 1.21. The standard InChI is InChI=1S/C7H7NO3/c9-7(10)6-3-5(8-11-6)4-1-2-4/h3-4H,1-2H2,(H,9,10). The van der Waals surface area contributed by atoms with Gasteiger partial charge in [-0.3, -0.25) is 0 Å². The Bertz CT molecular complexity index is 288. The third kappa shape index (κ3) is 1.11. The first kappa shape index (κ1) is 6.39. The Labute approximate surface area is 62.8 Å². The highest BCUT2D eigenvalue weighted by molar-refractivity contribution is 5.84. The van der Waals surface area contributed by atoms with Gasteiger partial charge in [0.2, 0.25) is 5.76 Å². The lowest BCUT2D eigenvalue weighted by Gasteiger charge is -1.79. The zero-order chi connectivity index (χ0) is 7.84. The van der Waals surface area contributed by atoms with Crippen LogP contribution in [0.5, 0.6) is 0 Å².